The van der Waals surface area contributed by atoms with Gasteiger partial charge in [-0.3, -0.25) is 9.13 Å². The highest BCUT2D eigenvalue weighted by Gasteiger charge is 2.20. The molecule has 0 fully saturated rings. The van der Waals surface area contributed by atoms with Crippen LogP contribution in [0.15, 0.2) is 0 Å². The summed E-state index contributed by atoms with van der Waals surface area (Å²) in [4.78, 5) is 21.3. The molecule has 2 rings (SSSR count). The van der Waals surface area contributed by atoms with Crippen molar-refractivity contribution < 1.29 is 4.79 Å². The van der Waals surface area contributed by atoms with E-state index in [1.54, 1.807) is 9.13 Å². The van der Waals surface area contributed by atoms with Crippen LogP contribution in [0.5, 0.6) is 0 Å². The molecule has 0 atom stereocenters. The predicted octanol–water partition coefficient (Wildman–Crippen LogP) is 2.45. The second-order valence-electron chi connectivity index (χ2n) is 4.61. The highest BCUT2D eigenvalue weighted by atomic mass is 16.2. The number of hydrogen-bond acceptors (Lipinski definition) is 3. The van der Waals surface area contributed by atoms with E-state index in [2.05, 4.69) is 9.97 Å². The molecule has 0 aromatic carbocycles. The van der Waals surface area contributed by atoms with E-state index in [1.165, 1.54) is 0 Å². The van der Waals surface area contributed by atoms with Crippen LogP contribution in [0.4, 0.5) is 4.79 Å². The summed E-state index contributed by atoms with van der Waals surface area (Å²) in [6.07, 6.45) is 0. The monoisotopic (exact) mass is 246 g/mol. The zero-order chi connectivity index (χ0) is 13.6. The first-order chi connectivity index (χ1) is 8.34. The molecular weight excluding hydrogens is 228 g/mol. The van der Waals surface area contributed by atoms with Gasteiger partial charge in [-0.1, -0.05) is 0 Å². The molecule has 0 aliphatic carbocycles. The molecule has 0 unspecified atom stereocenters. The van der Waals surface area contributed by atoms with Gasteiger partial charge in [-0.15, -0.1) is 0 Å². The summed E-state index contributed by atoms with van der Waals surface area (Å²) in [7, 11) is 0. The Morgan fingerprint density at radius 2 is 1.11 bits per heavy atom. The SMILES string of the molecule is Cc1nc(C)n(C(=O)n2c(C)nc(C)c2C)c1C. The van der Waals surface area contributed by atoms with Crippen LogP contribution in [0.2, 0.25) is 0 Å². The van der Waals surface area contributed by atoms with E-state index in [0.29, 0.717) is 11.6 Å². The normalized spacial score (nSPS) is 11.0. The third-order valence-electron chi connectivity index (χ3n) is 3.41. The molecule has 0 bridgehead atoms. The standard InChI is InChI=1S/C13H18N4O/c1-7-9(3)16(11(5)14-7)13(18)17-10(4)8(2)15-12(17)6/h1-6H3. The topological polar surface area (TPSA) is 52.7 Å². The Bertz CT molecular complexity index is 580. The molecule has 0 radical (unpaired) electrons. The van der Waals surface area contributed by atoms with Crippen molar-refractivity contribution in [2.75, 3.05) is 0 Å². The molecule has 18 heavy (non-hydrogen) atoms. The van der Waals surface area contributed by atoms with Crippen LogP contribution in [0.3, 0.4) is 0 Å². The summed E-state index contributed by atoms with van der Waals surface area (Å²) in [6, 6.07) is -0.110. The number of hydrogen-bond donors (Lipinski definition) is 0. The summed E-state index contributed by atoms with van der Waals surface area (Å²) in [5.41, 5.74) is 3.52. The van der Waals surface area contributed by atoms with Crippen molar-refractivity contribution in [1.29, 1.82) is 0 Å². The molecular formula is C13H18N4O. The van der Waals surface area contributed by atoms with Gasteiger partial charge in [-0.25, -0.2) is 14.8 Å². The van der Waals surface area contributed by atoms with Gasteiger partial charge >= 0.3 is 6.03 Å². The van der Waals surface area contributed by atoms with Crippen LogP contribution < -0.4 is 0 Å². The van der Waals surface area contributed by atoms with Gasteiger partial charge in [0.25, 0.3) is 0 Å². The molecule has 0 aliphatic heterocycles. The fourth-order valence-corrected chi connectivity index (χ4v) is 2.22. The molecule has 5 heteroatoms. The van der Waals surface area contributed by atoms with Crippen LogP contribution >= 0.6 is 0 Å². The molecule has 0 saturated carbocycles. The average molecular weight is 246 g/mol. The molecule has 2 heterocycles. The van der Waals surface area contributed by atoms with Crippen molar-refractivity contribution in [1.82, 2.24) is 19.1 Å². The number of rotatable bonds is 0. The molecule has 0 N–H and O–H groups in total. The largest absolute Gasteiger partial charge is 0.339 e. The van der Waals surface area contributed by atoms with E-state index >= 15 is 0 Å². The minimum atomic E-state index is -0.110. The predicted molar refractivity (Wildman–Crippen MR) is 69.1 cm³/mol. The quantitative estimate of drug-likeness (QED) is 0.717. The number of imidazole rings is 2. The van der Waals surface area contributed by atoms with Crippen LogP contribution in [0.1, 0.15) is 34.4 Å². The first-order valence-electron chi connectivity index (χ1n) is 5.94. The van der Waals surface area contributed by atoms with Gasteiger partial charge in [0.05, 0.1) is 11.4 Å². The summed E-state index contributed by atoms with van der Waals surface area (Å²) >= 11 is 0. The second kappa shape index (κ2) is 4.08. The fraction of sp³-hybridized carbons (Fsp3) is 0.462. The first-order valence-corrected chi connectivity index (χ1v) is 5.94. The van der Waals surface area contributed by atoms with Crippen LogP contribution in [-0.2, 0) is 0 Å². The highest BCUT2D eigenvalue weighted by molar-refractivity contribution is 5.82. The molecule has 2 aromatic rings. The van der Waals surface area contributed by atoms with Gasteiger partial charge in [0.2, 0.25) is 0 Å². The van der Waals surface area contributed by atoms with Gasteiger partial charge in [0.1, 0.15) is 11.6 Å². The summed E-state index contributed by atoms with van der Waals surface area (Å²) in [5.74, 6) is 1.42. The highest BCUT2D eigenvalue weighted by Crippen LogP contribution is 2.14. The smallest absolute Gasteiger partial charge is 0.252 e. The Hall–Kier alpha value is -1.91. The zero-order valence-electron chi connectivity index (χ0n) is 11.7. The van der Waals surface area contributed by atoms with Crippen molar-refractivity contribution in [3.63, 3.8) is 0 Å². The lowest BCUT2D eigenvalue weighted by molar-refractivity contribution is 0.242. The minimum absolute atomic E-state index is 0.110. The van der Waals surface area contributed by atoms with E-state index < -0.39 is 0 Å². The lowest BCUT2D eigenvalue weighted by atomic mass is 10.4. The molecule has 0 spiro atoms. The molecule has 0 aliphatic rings. The Morgan fingerprint density at radius 3 is 1.33 bits per heavy atom. The van der Waals surface area contributed by atoms with Gasteiger partial charge in [0, 0.05) is 11.4 Å². The minimum Gasteiger partial charge on any atom is -0.252 e. The summed E-state index contributed by atoms with van der Waals surface area (Å²) in [5, 5.41) is 0. The average Bonchev–Trinajstić information content (AvgIpc) is 2.66. The third-order valence-corrected chi connectivity index (χ3v) is 3.41. The third kappa shape index (κ3) is 1.66. The van der Waals surface area contributed by atoms with Crippen molar-refractivity contribution in [2.24, 2.45) is 0 Å². The van der Waals surface area contributed by atoms with Crippen LogP contribution in [0.25, 0.3) is 0 Å². The van der Waals surface area contributed by atoms with Gasteiger partial charge in [-0.05, 0) is 41.5 Å². The lowest BCUT2D eigenvalue weighted by Gasteiger charge is -2.10. The van der Waals surface area contributed by atoms with Crippen molar-refractivity contribution in [3.05, 3.63) is 34.4 Å². The fourth-order valence-electron chi connectivity index (χ4n) is 2.22. The number of nitrogens with zero attached hydrogens (tertiary/aromatic N) is 4. The van der Waals surface area contributed by atoms with Gasteiger partial charge < -0.3 is 0 Å². The van der Waals surface area contributed by atoms with Crippen LogP contribution in [0, 0.1) is 41.5 Å². The van der Waals surface area contributed by atoms with E-state index in [9.17, 15) is 4.79 Å². The summed E-state index contributed by atoms with van der Waals surface area (Å²) < 4.78 is 3.27. The maximum absolute atomic E-state index is 12.6. The van der Waals surface area contributed by atoms with E-state index in [-0.39, 0.29) is 6.03 Å². The molecule has 0 amide bonds. The Balaban J connectivity index is 2.62. The molecule has 2 aromatic heterocycles. The van der Waals surface area contributed by atoms with Gasteiger partial charge in [0.15, 0.2) is 0 Å². The number of carbonyl (C=O) groups is 1. The Labute approximate surface area is 106 Å². The number of carbonyl (C=O) groups excluding carboxylic acids is 1. The van der Waals surface area contributed by atoms with Crippen LogP contribution in [-0.4, -0.2) is 25.1 Å². The number of aryl methyl sites for hydroxylation is 4. The van der Waals surface area contributed by atoms with Crippen molar-refractivity contribution in [3.8, 4) is 0 Å². The first kappa shape index (κ1) is 12.5. The Morgan fingerprint density at radius 1 is 0.778 bits per heavy atom. The van der Waals surface area contributed by atoms with Gasteiger partial charge in [-0.2, -0.15) is 0 Å². The van der Waals surface area contributed by atoms with Crippen molar-refractivity contribution >= 4 is 6.03 Å². The van der Waals surface area contributed by atoms with E-state index in [0.717, 1.165) is 22.8 Å². The molecule has 96 valence electrons. The maximum atomic E-state index is 12.6. The number of aromatic nitrogens is 4. The van der Waals surface area contributed by atoms with Crippen molar-refractivity contribution in [2.45, 2.75) is 41.5 Å². The molecule has 5 nitrogen and oxygen atoms in total. The second-order valence-corrected chi connectivity index (χ2v) is 4.61. The Kier molecular flexibility index (Phi) is 2.84. The van der Waals surface area contributed by atoms with E-state index in [1.807, 2.05) is 41.5 Å². The summed E-state index contributed by atoms with van der Waals surface area (Å²) in [6.45, 7) is 11.3. The maximum Gasteiger partial charge on any atom is 0.339 e. The van der Waals surface area contributed by atoms with E-state index in [4.69, 9.17) is 0 Å². The molecule has 0 saturated heterocycles. The lowest BCUT2D eigenvalue weighted by Crippen LogP contribution is -2.23. The zero-order valence-corrected chi connectivity index (χ0v) is 11.7.